The molecule has 230 valence electrons. The molecule has 43 heavy (non-hydrogen) atoms. The smallest absolute Gasteiger partial charge is 0.410 e. The number of carbonyl (C=O) groups is 2. The molecule has 0 radical (unpaired) electrons. The highest BCUT2D eigenvalue weighted by Gasteiger charge is 2.53. The second-order valence-corrected chi connectivity index (χ2v) is 14.6. The molecule has 1 unspecified atom stereocenters. The Morgan fingerprint density at radius 2 is 1.77 bits per heavy atom. The van der Waals surface area contributed by atoms with E-state index in [2.05, 4.69) is 0 Å². The molecule has 0 saturated carbocycles. The maximum absolute atomic E-state index is 13.3. The number of nitrogens with zero attached hydrogens (tertiary/aromatic N) is 2. The van der Waals surface area contributed by atoms with Gasteiger partial charge >= 0.3 is 6.09 Å². The fraction of sp³-hybridized carbons (Fsp3) is 0.412. The van der Waals surface area contributed by atoms with Gasteiger partial charge in [0.05, 0.1) is 23.0 Å². The van der Waals surface area contributed by atoms with Crippen molar-refractivity contribution >= 4 is 33.6 Å². The third kappa shape index (κ3) is 6.48. The minimum Gasteiger partial charge on any atom is -0.444 e. The Balaban J connectivity index is 1.77. The van der Waals surface area contributed by atoms with E-state index in [0.29, 0.717) is 24.1 Å². The van der Waals surface area contributed by atoms with Gasteiger partial charge in [-0.1, -0.05) is 56.3 Å². The van der Waals surface area contributed by atoms with Crippen LogP contribution in [0, 0.1) is 5.92 Å². The molecular formula is C34H42N2O6S. The average Bonchev–Trinajstić information content (AvgIpc) is 3.36. The average molecular weight is 607 g/mol. The lowest BCUT2D eigenvalue weighted by molar-refractivity contribution is -0.113. The van der Waals surface area contributed by atoms with E-state index in [-0.39, 0.29) is 17.4 Å². The van der Waals surface area contributed by atoms with E-state index in [0.717, 1.165) is 35.0 Å². The van der Waals surface area contributed by atoms with Crippen LogP contribution in [0.5, 0.6) is 0 Å². The Labute approximate surface area is 255 Å². The zero-order chi connectivity index (χ0) is 31.7. The fourth-order valence-corrected chi connectivity index (χ4v) is 7.19. The van der Waals surface area contributed by atoms with Crippen molar-refractivity contribution in [2.24, 2.45) is 5.92 Å². The lowest BCUT2D eigenvalue weighted by Gasteiger charge is -2.39. The molecule has 0 spiro atoms. The van der Waals surface area contributed by atoms with E-state index >= 15 is 0 Å². The first-order valence-electron chi connectivity index (χ1n) is 14.5. The van der Waals surface area contributed by atoms with Crippen LogP contribution < -0.4 is 4.90 Å². The molecule has 9 heteroatoms. The van der Waals surface area contributed by atoms with Crippen LogP contribution in [0.1, 0.15) is 52.2 Å². The van der Waals surface area contributed by atoms with Gasteiger partial charge in [-0.05, 0) is 79.6 Å². The van der Waals surface area contributed by atoms with Crippen LogP contribution in [0.2, 0.25) is 0 Å². The van der Waals surface area contributed by atoms with Gasteiger partial charge in [-0.25, -0.2) is 13.2 Å². The quantitative estimate of drug-likeness (QED) is 0.308. The van der Waals surface area contributed by atoms with Crippen molar-refractivity contribution in [3.63, 3.8) is 0 Å². The highest BCUT2D eigenvalue weighted by molar-refractivity contribution is 7.90. The summed E-state index contributed by atoms with van der Waals surface area (Å²) in [7, 11) is -1.62. The molecule has 3 aromatic rings. The molecule has 0 bridgehead atoms. The minimum atomic E-state index is -3.54. The van der Waals surface area contributed by atoms with E-state index in [1.807, 2.05) is 95.1 Å². The number of sulfone groups is 1. The van der Waals surface area contributed by atoms with Crippen molar-refractivity contribution < 1.29 is 27.9 Å². The summed E-state index contributed by atoms with van der Waals surface area (Å²) >= 11 is 0. The normalized spacial score (nSPS) is 19.0. The van der Waals surface area contributed by atoms with Crippen LogP contribution in [0.3, 0.4) is 0 Å². The maximum Gasteiger partial charge on any atom is 0.410 e. The van der Waals surface area contributed by atoms with E-state index in [9.17, 15) is 23.1 Å². The second kappa shape index (κ2) is 12.1. The third-order valence-electron chi connectivity index (χ3n) is 8.07. The molecule has 1 saturated heterocycles. The van der Waals surface area contributed by atoms with Gasteiger partial charge in [0.2, 0.25) is 0 Å². The molecule has 1 amide bonds. The Morgan fingerprint density at radius 3 is 2.37 bits per heavy atom. The minimum absolute atomic E-state index is 0.0205. The Kier molecular flexibility index (Phi) is 9.09. The van der Waals surface area contributed by atoms with Crippen molar-refractivity contribution in [3.8, 4) is 11.1 Å². The number of carbonyl (C=O) groups excluding carboxylic acids is 2. The fourth-order valence-electron chi connectivity index (χ4n) is 6.24. The van der Waals surface area contributed by atoms with Crippen LogP contribution in [0.4, 0.5) is 16.2 Å². The van der Waals surface area contributed by atoms with Crippen molar-refractivity contribution in [1.29, 1.82) is 0 Å². The number of aliphatic hydroxyl groups is 1. The molecule has 1 fully saturated rings. The summed E-state index contributed by atoms with van der Waals surface area (Å²) in [5.41, 5.74) is 2.75. The summed E-state index contributed by atoms with van der Waals surface area (Å²) < 4.78 is 30.5. The van der Waals surface area contributed by atoms with Crippen molar-refractivity contribution in [3.05, 3.63) is 77.9 Å². The van der Waals surface area contributed by atoms with Crippen LogP contribution in [-0.4, -0.2) is 62.3 Å². The van der Waals surface area contributed by atoms with Gasteiger partial charge in [-0.15, -0.1) is 0 Å². The van der Waals surface area contributed by atoms with Crippen LogP contribution >= 0.6 is 0 Å². The number of benzene rings is 3. The molecule has 3 aromatic carbocycles. The predicted molar refractivity (Wildman–Crippen MR) is 169 cm³/mol. The molecule has 4 rings (SSSR count). The van der Waals surface area contributed by atoms with E-state index < -0.39 is 33.0 Å². The summed E-state index contributed by atoms with van der Waals surface area (Å²) in [6.07, 6.45) is 2.18. The Morgan fingerprint density at radius 1 is 1.09 bits per heavy atom. The number of para-hydroxylation sites is 1. The summed E-state index contributed by atoms with van der Waals surface area (Å²) in [6, 6.07) is 20.1. The SMILES string of the molecule is CC(C)C1N(C(=O)OC(C)(C)C)CC[C@]1(C=O)c1ccccc1N(C)c1cccc(-c2ccc(CO)c(S(C)(=O)=O)c2)c1. The van der Waals surface area contributed by atoms with Crippen LogP contribution in [0.25, 0.3) is 11.1 Å². The van der Waals surface area contributed by atoms with Gasteiger partial charge in [0.15, 0.2) is 9.84 Å². The van der Waals surface area contributed by atoms with E-state index in [4.69, 9.17) is 4.74 Å². The topological polar surface area (TPSA) is 104 Å². The van der Waals surface area contributed by atoms with E-state index in [1.54, 1.807) is 23.1 Å². The third-order valence-corrected chi connectivity index (χ3v) is 9.25. The van der Waals surface area contributed by atoms with Gasteiger partial charge in [0.25, 0.3) is 0 Å². The maximum atomic E-state index is 13.3. The highest BCUT2D eigenvalue weighted by atomic mass is 32.2. The first-order chi connectivity index (χ1) is 20.1. The van der Waals surface area contributed by atoms with Crippen LogP contribution in [-0.2, 0) is 31.4 Å². The zero-order valence-corrected chi connectivity index (χ0v) is 26.8. The van der Waals surface area contributed by atoms with E-state index in [1.165, 1.54) is 0 Å². The molecular weight excluding hydrogens is 564 g/mol. The van der Waals surface area contributed by atoms with Gasteiger partial charge < -0.3 is 24.4 Å². The number of likely N-dealkylation sites (tertiary alicyclic amines) is 1. The number of amides is 1. The molecule has 8 nitrogen and oxygen atoms in total. The summed E-state index contributed by atoms with van der Waals surface area (Å²) in [4.78, 5) is 30.2. The largest absolute Gasteiger partial charge is 0.444 e. The number of rotatable bonds is 8. The Hall–Kier alpha value is -3.69. The molecule has 1 N–H and O–H groups in total. The summed E-state index contributed by atoms with van der Waals surface area (Å²) in [5.74, 6) is -0.0205. The number of aliphatic hydroxyl groups excluding tert-OH is 1. The lowest BCUT2D eigenvalue weighted by Crippen LogP contribution is -2.50. The Bertz CT molecular complexity index is 1610. The second-order valence-electron chi connectivity index (χ2n) is 12.7. The van der Waals surface area contributed by atoms with Crippen molar-refractivity contribution in [2.45, 2.75) is 69.6 Å². The monoisotopic (exact) mass is 606 g/mol. The van der Waals surface area contributed by atoms with Crippen molar-refractivity contribution in [1.82, 2.24) is 4.90 Å². The van der Waals surface area contributed by atoms with Gasteiger partial charge in [-0.3, -0.25) is 0 Å². The standard InChI is InChI=1S/C34H42N2O6S/c1-23(2)31-34(22-38,17-18-36(31)32(39)42-33(3,4)5)28-13-8-9-14-29(28)35(6)27-12-10-11-24(19-27)25-15-16-26(21-37)30(20-25)43(7,40)41/h8-16,19-20,22-23,31,37H,17-18,21H2,1-7H3/t31?,34-/m0/s1. The molecule has 2 atom stereocenters. The first-order valence-corrected chi connectivity index (χ1v) is 16.4. The summed E-state index contributed by atoms with van der Waals surface area (Å²) in [5, 5.41) is 9.67. The van der Waals surface area contributed by atoms with Gasteiger partial charge in [0, 0.05) is 31.2 Å². The predicted octanol–water partition coefficient (Wildman–Crippen LogP) is 6.12. The number of hydrogen-bond donors (Lipinski definition) is 1. The number of hydrogen-bond acceptors (Lipinski definition) is 7. The highest BCUT2D eigenvalue weighted by Crippen LogP contribution is 2.47. The molecule has 0 aliphatic carbocycles. The first kappa shape index (κ1) is 32.2. The number of anilines is 2. The van der Waals surface area contributed by atoms with Gasteiger partial charge in [0.1, 0.15) is 11.9 Å². The number of ether oxygens (including phenoxy) is 1. The number of aldehydes is 1. The molecule has 1 aliphatic heterocycles. The molecule has 1 heterocycles. The van der Waals surface area contributed by atoms with Crippen molar-refractivity contribution in [2.75, 3.05) is 24.7 Å². The summed E-state index contributed by atoms with van der Waals surface area (Å²) in [6.45, 7) is 9.57. The molecule has 0 aromatic heterocycles. The lowest BCUT2D eigenvalue weighted by atomic mass is 9.71. The van der Waals surface area contributed by atoms with Crippen LogP contribution in [0.15, 0.2) is 71.6 Å². The van der Waals surface area contributed by atoms with Gasteiger partial charge in [-0.2, -0.15) is 0 Å². The molecule has 1 aliphatic rings. The zero-order valence-electron chi connectivity index (χ0n) is 26.0.